The molecule has 0 atom stereocenters. The van der Waals surface area contributed by atoms with E-state index >= 15 is 0 Å². The van der Waals surface area contributed by atoms with Gasteiger partial charge in [0.25, 0.3) is 5.91 Å². The lowest BCUT2D eigenvalue weighted by Crippen LogP contribution is -2.39. The summed E-state index contributed by atoms with van der Waals surface area (Å²) in [6.45, 7) is 0. The summed E-state index contributed by atoms with van der Waals surface area (Å²) in [6.07, 6.45) is 5.33. The van der Waals surface area contributed by atoms with Crippen LogP contribution in [0.1, 0.15) is 36.2 Å². The zero-order chi connectivity index (χ0) is 20.9. The van der Waals surface area contributed by atoms with Gasteiger partial charge in [-0.15, -0.1) is 0 Å². The zero-order valence-corrected chi connectivity index (χ0v) is 16.3. The second kappa shape index (κ2) is 8.90. The van der Waals surface area contributed by atoms with Gasteiger partial charge in [-0.05, 0) is 49.4 Å². The molecule has 2 aromatic carbocycles. The number of rotatable bonds is 5. The number of hydrogen-bond donors (Lipinski definition) is 2. The first kappa shape index (κ1) is 19.8. The van der Waals surface area contributed by atoms with Gasteiger partial charge < -0.3 is 15.1 Å². The molecule has 6 nitrogen and oxygen atoms in total. The summed E-state index contributed by atoms with van der Waals surface area (Å²) in [5.41, 5.74) is 2.11. The monoisotopic (exact) mass is 407 g/mol. The molecule has 7 heteroatoms. The van der Waals surface area contributed by atoms with Crippen molar-refractivity contribution < 1.29 is 18.4 Å². The van der Waals surface area contributed by atoms with Crippen molar-refractivity contribution in [1.29, 1.82) is 0 Å². The van der Waals surface area contributed by atoms with Crippen LogP contribution in [0.15, 0.2) is 65.6 Å². The molecule has 4 rings (SSSR count). The maximum absolute atomic E-state index is 14.1. The number of nitrogens with one attached hydrogen (secondary N) is 2. The molecule has 2 amide bonds. The number of aromatic nitrogens is 1. The first-order valence-corrected chi connectivity index (χ1v) is 9.95. The Labute approximate surface area is 173 Å². The second-order valence-corrected chi connectivity index (χ2v) is 7.45. The maximum Gasteiger partial charge on any atom is 0.273 e. The van der Waals surface area contributed by atoms with Gasteiger partial charge in [0.1, 0.15) is 12.1 Å². The van der Waals surface area contributed by atoms with Crippen LogP contribution in [-0.2, 0) is 4.79 Å². The molecule has 0 aliphatic heterocycles. The number of oxazole rings is 1. The number of nitrogens with zero attached hydrogens (tertiary/aromatic N) is 1. The van der Waals surface area contributed by atoms with Gasteiger partial charge in [-0.2, -0.15) is 0 Å². The summed E-state index contributed by atoms with van der Waals surface area (Å²) in [5, 5.41) is 5.88. The quantitative estimate of drug-likeness (QED) is 0.656. The number of benzene rings is 2. The largest absolute Gasteiger partial charge is 0.451 e. The summed E-state index contributed by atoms with van der Waals surface area (Å²) < 4.78 is 18.9. The Balaban J connectivity index is 1.33. The van der Waals surface area contributed by atoms with Crippen molar-refractivity contribution in [2.75, 3.05) is 5.32 Å². The Hall–Kier alpha value is -3.48. The molecule has 154 valence electrons. The molecule has 2 N–H and O–H groups in total. The third-order valence-electron chi connectivity index (χ3n) is 5.41. The van der Waals surface area contributed by atoms with Crippen LogP contribution in [0.3, 0.4) is 0 Å². The summed E-state index contributed by atoms with van der Waals surface area (Å²) in [4.78, 5) is 28.6. The van der Waals surface area contributed by atoms with Crippen molar-refractivity contribution in [1.82, 2.24) is 10.3 Å². The third kappa shape index (κ3) is 4.56. The highest BCUT2D eigenvalue weighted by molar-refractivity contribution is 5.93. The number of carbonyl (C=O) groups is 2. The summed E-state index contributed by atoms with van der Waals surface area (Å²) in [7, 11) is 0. The molecule has 0 unspecified atom stereocenters. The van der Waals surface area contributed by atoms with Crippen molar-refractivity contribution in [2.45, 2.75) is 31.7 Å². The van der Waals surface area contributed by atoms with Crippen LogP contribution in [0.25, 0.3) is 11.1 Å². The van der Waals surface area contributed by atoms with Crippen LogP contribution >= 0.6 is 0 Å². The molecular formula is C23H22FN3O3. The molecule has 30 heavy (non-hydrogen) atoms. The molecule has 0 radical (unpaired) electrons. The van der Waals surface area contributed by atoms with E-state index in [1.54, 1.807) is 36.4 Å². The summed E-state index contributed by atoms with van der Waals surface area (Å²) >= 11 is 0. The van der Waals surface area contributed by atoms with Gasteiger partial charge in [0, 0.05) is 23.2 Å². The van der Waals surface area contributed by atoms with Gasteiger partial charge in [0.2, 0.25) is 5.91 Å². The zero-order valence-electron chi connectivity index (χ0n) is 16.3. The van der Waals surface area contributed by atoms with E-state index in [-0.39, 0.29) is 35.3 Å². The van der Waals surface area contributed by atoms with E-state index in [0.29, 0.717) is 29.7 Å². The van der Waals surface area contributed by atoms with E-state index in [2.05, 4.69) is 15.6 Å². The van der Waals surface area contributed by atoms with Crippen LogP contribution in [0.5, 0.6) is 0 Å². The number of anilines is 1. The molecule has 1 aliphatic rings. The van der Waals surface area contributed by atoms with Crippen molar-refractivity contribution >= 4 is 17.5 Å². The highest BCUT2D eigenvalue weighted by atomic mass is 19.1. The van der Waals surface area contributed by atoms with Gasteiger partial charge >= 0.3 is 0 Å². The highest BCUT2D eigenvalue weighted by Gasteiger charge is 2.27. The maximum atomic E-state index is 14.1. The second-order valence-electron chi connectivity index (χ2n) is 7.45. The molecular weight excluding hydrogens is 385 g/mol. The molecule has 0 spiro atoms. The van der Waals surface area contributed by atoms with Crippen molar-refractivity contribution in [3.05, 3.63) is 72.7 Å². The Morgan fingerprint density at radius 1 is 1.03 bits per heavy atom. The minimum Gasteiger partial charge on any atom is -0.451 e. The fourth-order valence-electron chi connectivity index (χ4n) is 3.79. The van der Waals surface area contributed by atoms with E-state index in [1.165, 1.54) is 18.7 Å². The Bertz CT molecular complexity index is 1030. The Kier molecular flexibility index (Phi) is 5.88. The van der Waals surface area contributed by atoms with E-state index in [9.17, 15) is 14.0 Å². The highest BCUT2D eigenvalue weighted by Crippen LogP contribution is 2.28. The lowest BCUT2D eigenvalue weighted by atomic mass is 9.85. The molecule has 0 bridgehead atoms. The average Bonchev–Trinajstić information content (AvgIpc) is 3.30. The number of amides is 2. The molecule has 1 aromatic heterocycles. The normalized spacial score (nSPS) is 18.6. The number of carbonyl (C=O) groups excluding carboxylic acids is 2. The topological polar surface area (TPSA) is 84.2 Å². The molecule has 1 fully saturated rings. The van der Waals surface area contributed by atoms with Crippen molar-refractivity contribution in [3.63, 3.8) is 0 Å². The van der Waals surface area contributed by atoms with Crippen LogP contribution in [0.2, 0.25) is 0 Å². The first-order valence-electron chi connectivity index (χ1n) is 9.95. The van der Waals surface area contributed by atoms with Gasteiger partial charge in [-0.1, -0.05) is 30.3 Å². The van der Waals surface area contributed by atoms with Crippen LogP contribution < -0.4 is 10.6 Å². The molecule has 3 aromatic rings. The lowest BCUT2D eigenvalue weighted by Gasteiger charge is -2.28. The number of hydrogen-bond acceptors (Lipinski definition) is 4. The average molecular weight is 407 g/mol. The number of halogens is 1. The standard InChI is InChI=1S/C23H22FN3O3/c24-20-7-2-1-6-19(20)16-4-3-5-18(12-16)27-22(28)15-8-10-17(11-9-15)26-23(29)21-13-30-14-25-21/h1-7,12-15,17H,8-11H2,(H,26,29)(H,27,28)/t15-,17+. The van der Waals surface area contributed by atoms with Crippen molar-refractivity contribution in [3.8, 4) is 11.1 Å². The minimum atomic E-state index is -0.299. The smallest absolute Gasteiger partial charge is 0.273 e. The van der Waals surface area contributed by atoms with E-state index in [1.807, 2.05) is 6.07 Å². The predicted octanol–water partition coefficient (Wildman–Crippen LogP) is 4.41. The van der Waals surface area contributed by atoms with Crippen LogP contribution in [0, 0.1) is 11.7 Å². The SMILES string of the molecule is O=C(N[C@H]1CC[C@@H](C(=O)Nc2cccc(-c3ccccc3F)c2)CC1)c1cocn1. The third-order valence-corrected chi connectivity index (χ3v) is 5.41. The Morgan fingerprint density at radius 3 is 2.57 bits per heavy atom. The Morgan fingerprint density at radius 2 is 1.83 bits per heavy atom. The summed E-state index contributed by atoms with van der Waals surface area (Å²) in [5.74, 6) is -0.738. The van der Waals surface area contributed by atoms with Gasteiger partial charge in [-0.25, -0.2) is 9.37 Å². The predicted molar refractivity (Wildman–Crippen MR) is 110 cm³/mol. The van der Waals surface area contributed by atoms with Crippen LogP contribution in [0.4, 0.5) is 10.1 Å². The molecule has 1 heterocycles. The van der Waals surface area contributed by atoms with Gasteiger partial charge in [0.15, 0.2) is 12.1 Å². The van der Waals surface area contributed by atoms with E-state index in [0.717, 1.165) is 12.8 Å². The van der Waals surface area contributed by atoms with Gasteiger partial charge in [-0.3, -0.25) is 9.59 Å². The van der Waals surface area contributed by atoms with Gasteiger partial charge in [0.05, 0.1) is 0 Å². The lowest BCUT2D eigenvalue weighted by molar-refractivity contribution is -0.120. The van der Waals surface area contributed by atoms with E-state index < -0.39 is 0 Å². The fraction of sp³-hybridized carbons (Fsp3) is 0.261. The summed E-state index contributed by atoms with van der Waals surface area (Å²) in [6, 6.07) is 13.8. The van der Waals surface area contributed by atoms with Crippen molar-refractivity contribution in [2.24, 2.45) is 5.92 Å². The van der Waals surface area contributed by atoms with Crippen LogP contribution in [-0.4, -0.2) is 22.8 Å². The first-order chi connectivity index (χ1) is 14.6. The molecule has 1 aliphatic carbocycles. The molecule has 0 saturated heterocycles. The fourth-order valence-corrected chi connectivity index (χ4v) is 3.79. The minimum absolute atomic E-state index is 0.0163. The van der Waals surface area contributed by atoms with E-state index in [4.69, 9.17) is 4.42 Å². The molecule has 1 saturated carbocycles.